The summed E-state index contributed by atoms with van der Waals surface area (Å²) in [6, 6.07) is 10.5. The zero-order valence-corrected chi connectivity index (χ0v) is 13.1. The number of ether oxygens (including phenoxy) is 1. The summed E-state index contributed by atoms with van der Waals surface area (Å²) in [6.45, 7) is 0. The molecule has 0 radical (unpaired) electrons. The van der Waals surface area contributed by atoms with Crippen LogP contribution in [-0.2, 0) is 4.74 Å². The van der Waals surface area contributed by atoms with Gasteiger partial charge in [0.05, 0.1) is 23.3 Å². The van der Waals surface area contributed by atoms with E-state index >= 15 is 0 Å². The van der Waals surface area contributed by atoms with E-state index in [1.165, 1.54) is 12.5 Å². The number of hydrogen-bond acceptors (Lipinski definition) is 4. The van der Waals surface area contributed by atoms with Crippen molar-refractivity contribution in [2.24, 2.45) is 0 Å². The number of carbonyl (C=O) groups excluding carboxylic acids is 1. The quantitative estimate of drug-likeness (QED) is 0.601. The highest BCUT2D eigenvalue weighted by atomic mass is 16.6. The minimum Gasteiger partial charge on any atom is -0.455 e. The van der Waals surface area contributed by atoms with Crippen LogP contribution < -0.4 is 0 Å². The fourth-order valence-corrected chi connectivity index (χ4v) is 3.02. The van der Waals surface area contributed by atoms with E-state index in [0.717, 1.165) is 38.5 Å². The molecule has 0 amide bonds. The van der Waals surface area contributed by atoms with Gasteiger partial charge in [0.15, 0.2) is 0 Å². The van der Waals surface area contributed by atoms with Gasteiger partial charge in [-0.25, -0.2) is 4.79 Å². The molecule has 118 valence electrons. The van der Waals surface area contributed by atoms with Gasteiger partial charge in [-0.05, 0) is 62.8 Å². The summed E-state index contributed by atoms with van der Waals surface area (Å²) >= 11 is 0. The molecule has 2 rings (SSSR count). The van der Waals surface area contributed by atoms with Crippen LogP contribution in [0.2, 0.25) is 0 Å². The normalized spacial score (nSPS) is 16.4. The zero-order chi connectivity index (χ0) is 16.5. The molecular weight excluding hydrogens is 288 g/mol. The van der Waals surface area contributed by atoms with E-state index in [1.54, 1.807) is 24.3 Å². The van der Waals surface area contributed by atoms with Gasteiger partial charge in [0.2, 0.25) is 0 Å². The SMILES string of the molecule is N#CC=CCCC1(OC(=O)c2ccc(C#N)cc2)CCCCC1. The molecule has 1 aliphatic rings. The molecule has 1 aromatic carbocycles. The molecule has 0 unspecified atom stereocenters. The van der Waals surface area contributed by atoms with Crippen molar-refractivity contribution in [1.82, 2.24) is 0 Å². The third-order valence-corrected chi connectivity index (χ3v) is 4.28. The Morgan fingerprint density at radius 2 is 1.87 bits per heavy atom. The average Bonchev–Trinajstić information content (AvgIpc) is 2.59. The van der Waals surface area contributed by atoms with E-state index in [-0.39, 0.29) is 5.97 Å². The summed E-state index contributed by atoms with van der Waals surface area (Å²) < 4.78 is 5.88. The Morgan fingerprint density at radius 3 is 2.48 bits per heavy atom. The van der Waals surface area contributed by atoms with Crippen molar-refractivity contribution in [1.29, 1.82) is 10.5 Å². The summed E-state index contributed by atoms with van der Waals surface area (Å²) in [5.74, 6) is -0.333. The molecule has 1 saturated carbocycles. The van der Waals surface area contributed by atoms with Gasteiger partial charge >= 0.3 is 5.97 Å². The highest BCUT2D eigenvalue weighted by Crippen LogP contribution is 2.36. The number of allylic oxidation sites excluding steroid dienone is 2. The lowest BCUT2D eigenvalue weighted by Crippen LogP contribution is -2.37. The van der Waals surface area contributed by atoms with Gasteiger partial charge in [-0.1, -0.05) is 12.5 Å². The summed E-state index contributed by atoms with van der Waals surface area (Å²) in [4.78, 5) is 12.4. The molecule has 4 nitrogen and oxygen atoms in total. The Bertz CT molecular complexity index is 641. The van der Waals surface area contributed by atoms with Gasteiger partial charge in [0, 0.05) is 6.08 Å². The van der Waals surface area contributed by atoms with Crippen molar-refractivity contribution in [2.75, 3.05) is 0 Å². The fraction of sp³-hybridized carbons (Fsp3) is 0.421. The molecule has 0 spiro atoms. The van der Waals surface area contributed by atoms with E-state index in [1.807, 2.05) is 18.2 Å². The Balaban J connectivity index is 2.06. The van der Waals surface area contributed by atoms with E-state index in [0.29, 0.717) is 11.1 Å². The van der Waals surface area contributed by atoms with Crippen LogP contribution >= 0.6 is 0 Å². The van der Waals surface area contributed by atoms with Gasteiger partial charge in [-0.3, -0.25) is 0 Å². The van der Waals surface area contributed by atoms with E-state index in [9.17, 15) is 4.79 Å². The molecule has 0 aliphatic heterocycles. The Hall–Kier alpha value is -2.59. The lowest BCUT2D eigenvalue weighted by molar-refractivity contribution is -0.0418. The number of benzene rings is 1. The first-order chi connectivity index (χ1) is 11.2. The van der Waals surface area contributed by atoms with Crippen LogP contribution in [0, 0.1) is 22.7 Å². The highest BCUT2D eigenvalue weighted by Gasteiger charge is 2.35. The Labute approximate surface area is 137 Å². The standard InChI is InChI=1S/C19H20N2O2/c20-14-6-2-5-13-19(11-3-1-4-12-19)23-18(22)17-9-7-16(15-21)8-10-17/h2,6-10H,1,3-5,11-13H2. The topological polar surface area (TPSA) is 73.9 Å². The second-order valence-corrected chi connectivity index (χ2v) is 5.89. The van der Waals surface area contributed by atoms with Crippen LogP contribution in [0.3, 0.4) is 0 Å². The van der Waals surface area contributed by atoms with Gasteiger partial charge in [0.1, 0.15) is 5.60 Å². The van der Waals surface area contributed by atoms with Crippen LogP contribution in [0.5, 0.6) is 0 Å². The molecule has 0 bridgehead atoms. The molecule has 0 N–H and O–H groups in total. The average molecular weight is 308 g/mol. The molecule has 1 aliphatic carbocycles. The first-order valence-corrected chi connectivity index (χ1v) is 7.97. The largest absolute Gasteiger partial charge is 0.455 e. The summed E-state index contributed by atoms with van der Waals surface area (Å²) in [6.07, 6.45) is 9.80. The molecule has 0 aromatic heterocycles. The second-order valence-electron chi connectivity index (χ2n) is 5.89. The molecule has 1 fully saturated rings. The van der Waals surface area contributed by atoms with E-state index in [2.05, 4.69) is 0 Å². The lowest BCUT2D eigenvalue weighted by atomic mass is 9.81. The van der Waals surface area contributed by atoms with Gasteiger partial charge in [-0.15, -0.1) is 0 Å². The summed E-state index contributed by atoms with van der Waals surface area (Å²) in [7, 11) is 0. The lowest BCUT2D eigenvalue weighted by Gasteiger charge is -2.36. The molecule has 0 saturated heterocycles. The fourth-order valence-electron chi connectivity index (χ4n) is 3.02. The molecule has 4 heteroatoms. The van der Waals surface area contributed by atoms with Gasteiger partial charge in [-0.2, -0.15) is 10.5 Å². The molecular formula is C19H20N2O2. The second kappa shape index (κ2) is 8.15. The summed E-state index contributed by atoms with van der Waals surface area (Å²) in [5.41, 5.74) is 0.570. The maximum atomic E-state index is 12.4. The van der Waals surface area contributed by atoms with Crippen LogP contribution in [0.4, 0.5) is 0 Å². The predicted octanol–water partition coefficient (Wildman–Crippen LogP) is 4.28. The van der Waals surface area contributed by atoms with E-state index in [4.69, 9.17) is 15.3 Å². The highest BCUT2D eigenvalue weighted by molar-refractivity contribution is 5.89. The minimum absolute atomic E-state index is 0.333. The zero-order valence-electron chi connectivity index (χ0n) is 13.1. The maximum absolute atomic E-state index is 12.4. The predicted molar refractivity (Wildman–Crippen MR) is 86.4 cm³/mol. The number of carbonyl (C=O) groups is 1. The first-order valence-electron chi connectivity index (χ1n) is 7.97. The number of hydrogen-bond donors (Lipinski definition) is 0. The number of esters is 1. The summed E-state index contributed by atoms with van der Waals surface area (Å²) in [5, 5.41) is 17.4. The number of rotatable bonds is 5. The van der Waals surface area contributed by atoms with Crippen molar-refractivity contribution >= 4 is 5.97 Å². The van der Waals surface area contributed by atoms with Crippen LogP contribution in [0.1, 0.15) is 60.9 Å². The van der Waals surface area contributed by atoms with Crippen molar-refractivity contribution < 1.29 is 9.53 Å². The maximum Gasteiger partial charge on any atom is 0.338 e. The van der Waals surface area contributed by atoms with E-state index < -0.39 is 5.60 Å². The van der Waals surface area contributed by atoms with Gasteiger partial charge < -0.3 is 4.74 Å². The molecule has 1 aromatic rings. The number of nitrogens with zero attached hydrogens (tertiary/aromatic N) is 2. The Kier molecular flexibility index (Phi) is 5.94. The first kappa shape index (κ1) is 16.8. The van der Waals surface area contributed by atoms with Crippen molar-refractivity contribution in [3.8, 4) is 12.1 Å². The van der Waals surface area contributed by atoms with Crippen molar-refractivity contribution in [3.63, 3.8) is 0 Å². The third-order valence-electron chi connectivity index (χ3n) is 4.28. The third kappa shape index (κ3) is 4.69. The molecule has 0 atom stereocenters. The minimum atomic E-state index is -0.428. The van der Waals surface area contributed by atoms with Crippen LogP contribution in [0.25, 0.3) is 0 Å². The monoisotopic (exact) mass is 308 g/mol. The van der Waals surface area contributed by atoms with Crippen molar-refractivity contribution in [3.05, 3.63) is 47.5 Å². The van der Waals surface area contributed by atoms with Crippen LogP contribution in [-0.4, -0.2) is 11.6 Å². The Morgan fingerprint density at radius 1 is 1.17 bits per heavy atom. The molecule has 23 heavy (non-hydrogen) atoms. The van der Waals surface area contributed by atoms with Gasteiger partial charge in [0.25, 0.3) is 0 Å². The van der Waals surface area contributed by atoms with Crippen LogP contribution in [0.15, 0.2) is 36.4 Å². The smallest absolute Gasteiger partial charge is 0.338 e. The number of nitriles is 2. The molecule has 0 heterocycles. The van der Waals surface area contributed by atoms with Crippen molar-refractivity contribution in [2.45, 2.75) is 50.5 Å².